The molecule has 1 nitrogen and oxygen atoms in total. The Bertz CT molecular complexity index is 592. The van der Waals surface area contributed by atoms with Crippen LogP contribution >= 0.6 is 50.9 Å². The first-order chi connectivity index (χ1) is 9.61. The second kappa shape index (κ2) is 7.71. The van der Waals surface area contributed by atoms with E-state index < -0.39 is 0 Å². The van der Waals surface area contributed by atoms with Crippen molar-refractivity contribution in [2.75, 3.05) is 12.8 Å². The zero-order chi connectivity index (χ0) is 14.5. The molecule has 0 heterocycles. The first-order valence-electron chi connectivity index (χ1n) is 6.11. The molecule has 20 heavy (non-hydrogen) atoms. The minimum atomic E-state index is 0.158. The number of hydrogen-bond donors (Lipinski definition) is 1. The Morgan fingerprint density at radius 1 is 1.20 bits per heavy atom. The van der Waals surface area contributed by atoms with Gasteiger partial charge in [-0.25, -0.2) is 0 Å². The summed E-state index contributed by atoms with van der Waals surface area (Å²) in [7, 11) is 1.93. The maximum Gasteiger partial charge on any atom is 0.0640 e. The Labute approximate surface area is 142 Å². The third kappa shape index (κ3) is 4.15. The molecule has 2 aromatic carbocycles. The first-order valence-corrected chi connectivity index (χ1v) is 8.65. The van der Waals surface area contributed by atoms with Gasteiger partial charge in [0.05, 0.1) is 10.0 Å². The van der Waals surface area contributed by atoms with Crippen molar-refractivity contribution in [3.63, 3.8) is 0 Å². The summed E-state index contributed by atoms with van der Waals surface area (Å²) in [5.41, 5.74) is 1.03. The number of halogens is 3. The lowest BCUT2D eigenvalue weighted by Crippen LogP contribution is -2.19. The van der Waals surface area contributed by atoms with Crippen LogP contribution in [0.4, 0.5) is 0 Å². The molecule has 0 aliphatic carbocycles. The Morgan fingerprint density at radius 2 is 1.95 bits per heavy atom. The molecular weight excluding hydrogens is 377 g/mol. The maximum atomic E-state index is 6.29. The van der Waals surface area contributed by atoms with Gasteiger partial charge in [0.15, 0.2) is 0 Å². The van der Waals surface area contributed by atoms with Crippen LogP contribution in [-0.2, 0) is 0 Å². The fourth-order valence-electron chi connectivity index (χ4n) is 1.85. The van der Waals surface area contributed by atoms with E-state index in [-0.39, 0.29) is 6.04 Å². The van der Waals surface area contributed by atoms with Crippen LogP contribution in [0.1, 0.15) is 11.6 Å². The van der Waals surface area contributed by atoms with Crippen molar-refractivity contribution in [2.24, 2.45) is 0 Å². The molecule has 0 amide bonds. The lowest BCUT2D eigenvalue weighted by Gasteiger charge is -2.18. The van der Waals surface area contributed by atoms with Gasteiger partial charge in [-0.05, 0) is 36.9 Å². The highest BCUT2D eigenvalue weighted by molar-refractivity contribution is 9.10. The Morgan fingerprint density at radius 3 is 2.65 bits per heavy atom. The second-order valence-corrected chi connectivity index (χ2v) is 7.05. The van der Waals surface area contributed by atoms with Crippen molar-refractivity contribution in [1.29, 1.82) is 0 Å². The minimum absolute atomic E-state index is 0.158. The largest absolute Gasteiger partial charge is 0.312 e. The molecule has 0 aliphatic heterocycles. The van der Waals surface area contributed by atoms with E-state index in [1.54, 1.807) is 11.8 Å². The molecule has 0 aliphatic rings. The van der Waals surface area contributed by atoms with E-state index in [4.69, 9.17) is 23.2 Å². The number of benzene rings is 2. The molecule has 0 fully saturated rings. The van der Waals surface area contributed by atoms with Crippen LogP contribution in [0.5, 0.6) is 0 Å². The highest BCUT2D eigenvalue weighted by atomic mass is 79.9. The molecule has 0 aromatic heterocycles. The van der Waals surface area contributed by atoms with Crippen molar-refractivity contribution in [1.82, 2.24) is 5.32 Å². The standard InChI is InChI=1S/C15H14BrCl2NS/c1-19-14(12-6-3-7-13(17)15(12)18)9-20-11-5-2-4-10(16)8-11/h2-8,14,19H,9H2,1H3. The van der Waals surface area contributed by atoms with E-state index in [1.807, 2.05) is 37.4 Å². The van der Waals surface area contributed by atoms with Gasteiger partial charge in [-0.15, -0.1) is 11.8 Å². The van der Waals surface area contributed by atoms with Gasteiger partial charge in [-0.2, -0.15) is 0 Å². The molecule has 0 saturated carbocycles. The van der Waals surface area contributed by atoms with Gasteiger partial charge >= 0.3 is 0 Å². The van der Waals surface area contributed by atoms with E-state index in [2.05, 4.69) is 33.4 Å². The van der Waals surface area contributed by atoms with Crippen LogP contribution in [-0.4, -0.2) is 12.8 Å². The van der Waals surface area contributed by atoms with Gasteiger partial charge in [-0.1, -0.05) is 57.3 Å². The molecule has 0 radical (unpaired) electrons. The fraction of sp³-hybridized carbons (Fsp3) is 0.200. The number of nitrogens with one attached hydrogen (secondary N) is 1. The summed E-state index contributed by atoms with van der Waals surface area (Å²) in [4.78, 5) is 1.22. The predicted molar refractivity (Wildman–Crippen MR) is 93.1 cm³/mol. The van der Waals surface area contributed by atoms with Gasteiger partial charge in [0.1, 0.15) is 0 Å². The average molecular weight is 391 g/mol. The quantitative estimate of drug-likeness (QED) is 0.646. The maximum absolute atomic E-state index is 6.29. The minimum Gasteiger partial charge on any atom is -0.312 e. The number of hydrogen-bond acceptors (Lipinski definition) is 2. The highest BCUT2D eigenvalue weighted by Crippen LogP contribution is 2.33. The van der Waals surface area contributed by atoms with Crippen LogP contribution in [0, 0.1) is 0 Å². The summed E-state index contributed by atoms with van der Waals surface area (Å²) in [6.07, 6.45) is 0. The van der Waals surface area contributed by atoms with Crippen molar-refractivity contribution in [2.45, 2.75) is 10.9 Å². The van der Waals surface area contributed by atoms with Crippen molar-refractivity contribution < 1.29 is 0 Å². The smallest absolute Gasteiger partial charge is 0.0640 e. The van der Waals surface area contributed by atoms with Crippen LogP contribution in [0.25, 0.3) is 0 Å². The molecule has 1 atom stereocenters. The number of rotatable bonds is 5. The third-order valence-electron chi connectivity index (χ3n) is 2.92. The molecule has 0 saturated heterocycles. The van der Waals surface area contributed by atoms with Gasteiger partial charge in [0.2, 0.25) is 0 Å². The zero-order valence-corrected chi connectivity index (χ0v) is 14.8. The van der Waals surface area contributed by atoms with Crippen molar-refractivity contribution in [3.05, 3.63) is 62.5 Å². The molecule has 106 valence electrons. The van der Waals surface area contributed by atoms with E-state index >= 15 is 0 Å². The zero-order valence-electron chi connectivity index (χ0n) is 10.9. The van der Waals surface area contributed by atoms with Gasteiger partial charge in [0.25, 0.3) is 0 Å². The lowest BCUT2D eigenvalue weighted by molar-refractivity contribution is 0.662. The Hall–Kier alpha value is -0.190. The SMILES string of the molecule is CNC(CSc1cccc(Br)c1)c1cccc(Cl)c1Cl. The topological polar surface area (TPSA) is 12.0 Å². The van der Waals surface area contributed by atoms with Crippen LogP contribution in [0.3, 0.4) is 0 Å². The first kappa shape index (κ1) is 16.2. The Balaban J connectivity index is 2.11. The highest BCUT2D eigenvalue weighted by Gasteiger charge is 2.15. The molecular formula is C15H14BrCl2NS. The normalized spacial score (nSPS) is 12.4. The predicted octanol–water partition coefficient (Wildman–Crippen LogP) is 5.81. The molecule has 2 aromatic rings. The molecule has 0 bridgehead atoms. The summed E-state index contributed by atoms with van der Waals surface area (Å²) in [6.45, 7) is 0. The molecule has 1 N–H and O–H groups in total. The van der Waals surface area contributed by atoms with E-state index in [1.165, 1.54) is 4.90 Å². The number of thioether (sulfide) groups is 1. The summed E-state index contributed by atoms with van der Waals surface area (Å²) in [5, 5.41) is 4.52. The van der Waals surface area contributed by atoms with Gasteiger partial charge < -0.3 is 5.32 Å². The molecule has 1 unspecified atom stereocenters. The van der Waals surface area contributed by atoms with Crippen LogP contribution in [0.15, 0.2) is 51.8 Å². The summed E-state index contributed by atoms with van der Waals surface area (Å²) < 4.78 is 1.09. The summed E-state index contributed by atoms with van der Waals surface area (Å²) in [5.74, 6) is 0.882. The molecule has 5 heteroatoms. The molecule has 0 spiro atoms. The third-order valence-corrected chi connectivity index (χ3v) is 5.33. The average Bonchev–Trinajstić information content (AvgIpc) is 2.44. The van der Waals surface area contributed by atoms with Crippen molar-refractivity contribution in [3.8, 4) is 0 Å². The van der Waals surface area contributed by atoms with E-state index in [0.29, 0.717) is 10.0 Å². The summed E-state index contributed by atoms with van der Waals surface area (Å²) >= 11 is 17.6. The van der Waals surface area contributed by atoms with Gasteiger partial charge in [0, 0.05) is 21.2 Å². The van der Waals surface area contributed by atoms with Gasteiger partial charge in [-0.3, -0.25) is 0 Å². The monoisotopic (exact) mass is 389 g/mol. The Kier molecular flexibility index (Phi) is 6.24. The second-order valence-electron chi connectivity index (χ2n) is 4.25. The molecule has 2 rings (SSSR count). The van der Waals surface area contributed by atoms with Crippen LogP contribution < -0.4 is 5.32 Å². The van der Waals surface area contributed by atoms with E-state index in [0.717, 1.165) is 15.8 Å². The van der Waals surface area contributed by atoms with Crippen LogP contribution in [0.2, 0.25) is 10.0 Å². The fourth-order valence-corrected chi connectivity index (χ4v) is 3.94. The van der Waals surface area contributed by atoms with E-state index in [9.17, 15) is 0 Å². The lowest BCUT2D eigenvalue weighted by atomic mass is 10.1. The summed E-state index contributed by atoms with van der Waals surface area (Å²) in [6, 6.07) is 14.2. The van der Waals surface area contributed by atoms with Crippen molar-refractivity contribution >= 4 is 50.9 Å².